The number of likely N-dealkylation sites (N-methyl/N-ethyl adjacent to an activating group) is 1. The summed E-state index contributed by atoms with van der Waals surface area (Å²) < 4.78 is 5.65. The van der Waals surface area contributed by atoms with Crippen molar-refractivity contribution in [3.8, 4) is 0 Å². The number of thiocarbonyl (C=S) groups is 1. The molecule has 0 aliphatic carbocycles. The normalized spacial score (nSPS) is 21.6. The number of rotatable bonds is 4. The molecule has 0 bridgehead atoms. The molecule has 3 aromatic rings. The SMILES string of the molecule is CC1=CC(C)(C)N(C)c2cc(Cl)c([C@H]3[C@@H](c4ccccn4)NC(=S)N3Cc3ccco3)cc21. The zero-order valence-electron chi connectivity index (χ0n) is 19.2. The minimum Gasteiger partial charge on any atom is -0.467 e. The second kappa shape index (κ2) is 8.19. The minimum atomic E-state index is -0.136. The predicted octanol–water partition coefficient (Wildman–Crippen LogP) is 6.13. The van der Waals surface area contributed by atoms with E-state index in [1.54, 1.807) is 6.26 Å². The maximum atomic E-state index is 7.01. The van der Waals surface area contributed by atoms with Crippen LogP contribution in [0.1, 0.15) is 55.4 Å². The van der Waals surface area contributed by atoms with E-state index in [0.717, 1.165) is 22.7 Å². The molecule has 1 fully saturated rings. The molecule has 2 atom stereocenters. The molecule has 2 aromatic heterocycles. The van der Waals surface area contributed by atoms with Crippen LogP contribution in [-0.2, 0) is 6.54 Å². The fourth-order valence-electron chi connectivity index (χ4n) is 4.90. The van der Waals surface area contributed by atoms with E-state index in [1.807, 2.05) is 36.5 Å². The van der Waals surface area contributed by atoms with Crippen LogP contribution in [-0.4, -0.2) is 27.6 Å². The Morgan fingerprint density at radius 3 is 2.73 bits per heavy atom. The lowest BCUT2D eigenvalue weighted by Crippen LogP contribution is -2.42. The summed E-state index contributed by atoms with van der Waals surface area (Å²) in [6.45, 7) is 7.13. The van der Waals surface area contributed by atoms with E-state index in [1.165, 1.54) is 11.1 Å². The highest BCUT2D eigenvalue weighted by Crippen LogP contribution is 2.47. The first-order chi connectivity index (χ1) is 15.8. The molecular formula is C26H27ClN4OS. The minimum absolute atomic E-state index is 0.0831. The molecule has 0 saturated carbocycles. The van der Waals surface area contributed by atoms with Crippen molar-refractivity contribution in [1.82, 2.24) is 15.2 Å². The van der Waals surface area contributed by atoms with Crippen LogP contribution in [0.15, 0.2) is 65.4 Å². The average molecular weight is 479 g/mol. The molecular weight excluding hydrogens is 452 g/mol. The molecule has 0 radical (unpaired) electrons. The summed E-state index contributed by atoms with van der Waals surface area (Å²) in [6, 6.07) is 13.8. The van der Waals surface area contributed by atoms with Gasteiger partial charge in [-0.15, -0.1) is 0 Å². The van der Waals surface area contributed by atoms with Crippen LogP contribution in [0.25, 0.3) is 5.57 Å². The van der Waals surface area contributed by atoms with Gasteiger partial charge in [0.15, 0.2) is 5.11 Å². The predicted molar refractivity (Wildman–Crippen MR) is 137 cm³/mol. The van der Waals surface area contributed by atoms with Gasteiger partial charge in [0.2, 0.25) is 0 Å². The molecule has 2 aliphatic rings. The number of hydrogen-bond donors (Lipinski definition) is 1. The van der Waals surface area contributed by atoms with Gasteiger partial charge >= 0.3 is 0 Å². The fraction of sp³-hybridized carbons (Fsp3) is 0.308. The number of anilines is 1. The van der Waals surface area contributed by atoms with E-state index in [0.29, 0.717) is 16.7 Å². The fourth-order valence-corrected chi connectivity index (χ4v) is 5.47. The maximum Gasteiger partial charge on any atom is 0.170 e. The van der Waals surface area contributed by atoms with Crippen LogP contribution in [0.3, 0.4) is 0 Å². The summed E-state index contributed by atoms with van der Waals surface area (Å²) in [5, 5.41) is 4.87. The molecule has 5 rings (SSSR count). The van der Waals surface area contributed by atoms with E-state index >= 15 is 0 Å². The quantitative estimate of drug-likeness (QED) is 0.455. The number of nitrogens with zero attached hydrogens (tertiary/aromatic N) is 3. The molecule has 5 nitrogen and oxygen atoms in total. The van der Waals surface area contributed by atoms with E-state index in [4.69, 9.17) is 28.2 Å². The van der Waals surface area contributed by atoms with Crippen molar-refractivity contribution in [3.05, 3.63) is 88.6 Å². The van der Waals surface area contributed by atoms with Crippen molar-refractivity contribution >= 4 is 40.2 Å². The molecule has 0 amide bonds. The standard InChI is InChI=1S/C26H27ClN4OS/c1-16-14-26(2,3)30(4)22-13-20(27)19(12-18(16)22)24-23(21-9-5-6-10-28-21)29-25(33)31(24)15-17-8-7-11-32-17/h5-14,23-24H,15H2,1-4H3,(H,29,33)/t23-,24+/m1/s1. The van der Waals surface area contributed by atoms with Gasteiger partial charge in [0, 0.05) is 29.5 Å². The van der Waals surface area contributed by atoms with Crippen LogP contribution < -0.4 is 10.2 Å². The number of pyridine rings is 1. The maximum absolute atomic E-state index is 7.01. The third-order valence-corrected chi connectivity index (χ3v) is 7.44. The molecule has 170 valence electrons. The van der Waals surface area contributed by atoms with Gasteiger partial charge < -0.3 is 19.5 Å². The van der Waals surface area contributed by atoms with Gasteiger partial charge in [-0.2, -0.15) is 0 Å². The molecule has 1 aromatic carbocycles. The lowest BCUT2D eigenvalue weighted by atomic mass is 9.86. The van der Waals surface area contributed by atoms with Crippen molar-refractivity contribution in [2.75, 3.05) is 11.9 Å². The van der Waals surface area contributed by atoms with Crippen molar-refractivity contribution < 1.29 is 4.42 Å². The number of benzene rings is 1. The third kappa shape index (κ3) is 3.81. The first-order valence-electron chi connectivity index (χ1n) is 11.0. The second-order valence-electron chi connectivity index (χ2n) is 9.26. The topological polar surface area (TPSA) is 44.5 Å². The number of hydrogen-bond acceptors (Lipinski definition) is 4. The van der Waals surface area contributed by atoms with Crippen LogP contribution >= 0.6 is 23.8 Å². The van der Waals surface area contributed by atoms with Crippen molar-refractivity contribution in [2.24, 2.45) is 0 Å². The van der Waals surface area contributed by atoms with Crippen LogP contribution in [0.5, 0.6) is 0 Å². The van der Waals surface area contributed by atoms with Crippen molar-refractivity contribution in [2.45, 2.75) is 44.9 Å². The van der Waals surface area contributed by atoms with Gasteiger partial charge in [0.05, 0.1) is 36.1 Å². The Hall–Kier alpha value is -2.83. The van der Waals surface area contributed by atoms with E-state index < -0.39 is 0 Å². The molecule has 0 unspecified atom stereocenters. The Labute approximate surface area is 205 Å². The molecule has 1 saturated heterocycles. The molecule has 2 aliphatic heterocycles. The largest absolute Gasteiger partial charge is 0.467 e. The van der Waals surface area contributed by atoms with Gasteiger partial charge in [-0.1, -0.05) is 23.7 Å². The lowest BCUT2D eigenvalue weighted by molar-refractivity contribution is 0.287. The van der Waals surface area contributed by atoms with Crippen LogP contribution in [0.4, 0.5) is 5.69 Å². The van der Waals surface area contributed by atoms with E-state index in [2.05, 4.69) is 66.1 Å². The Balaban J connectivity index is 1.65. The number of allylic oxidation sites excluding steroid dienone is 1. The highest BCUT2D eigenvalue weighted by Gasteiger charge is 2.42. The highest BCUT2D eigenvalue weighted by molar-refractivity contribution is 7.80. The molecule has 1 N–H and O–H groups in total. The first kappa shape index (κ1) is 22.0. The van der Waals surface area contributed by atoms with Crippen molar-refractivity contribution in [1.29, 1.82) is 0 Å². The van der Waals surface area contributed by atoms with Gasteiger partial charge in [0.25, 0.3) is 0 Å². The summed E-state index contributed by atoms with van der Waals surface area (Å²) in [7, 11) is 2.12. The molecule has 7 heteroatoms. The third-order valence-electron chi connectivity index (χ3n) is 6.76. The summed E-state index contributed by atoms with van der Waals surface area (Å²) in [4.78, 5) is 9.06. The molecule has 0 spiro atoms. The van der Waals surface area contributed by atoms with Gasteiger partial charge in [0.1, 0.15) is 5.76 Å². The average Bonchev–Trinajstić information content (AvgIpc) is 3.41. The summed E-state index contributed by atoms with van der Waals surface area (Å²) in [5.41, 5.74) is 5.42. The van der Waals surface area contributed by atoms with Gasteiger partial charge in [-0.3, -0.25) is 4.98 Å². The Kier molecular flexibility index (Phi) is 5.46. The van der Waals surface area contributed by atoms with Crippen LogP contribution in [0, 0.1) is 0 Å². The smallest absolute Gasteiger partial charge is 0.170 e. The summed E-state index contributed by atoms with van der Waals surface area (Å²) in [6.07, 6.45) is 5.80. The monoisotopic (exact) mass is 478 g/mol. The second-order valence-corrected chi connectivity index (χ2v) is 10.1. The number of nitrogens with one attached hydrogen (secondary N) is 1. The zero-order valence-corrected chi connectivity index (χ0v) is 20.7. The summed E-state index contributed by atoms with van der Waals surface area (Å²) >= 11 is 12.8. The summed E-state index contributed by atoms with van der Waals surface area (Å²) in [5.74, 6) is 0.845. The van der Waals surface area contributed by atoms with E-state index in [-0.39, 0.29) is 17.6 Å². The Bertz CT molecular complexity index is 1220. The number of fused-ring (bicyclic) bond motifs is 1. The number of furan rings is 1. The Morgan fingerprint density at radius 1 is 1.21 bits per heavy atom. The van der Waals surface area contributed by atoms with Gasteiger partial charge in [-0.05, 0) is 80.5 Å². The number of halogens is 1. The van der Waals surface area contributed by atoms with Crippen LogP contribution in [0.2, 0.25) is 5.02 Å². The van der Waals surface area contributed by atoms with Gasteiger partial charge in [-0.25, -0.2) is 0 Å². The van der Waals surface area contributed by atoms with Crippen molar-refractivity contribution in [3.63, 3.8) is 0 Å². The Morgan fingerprint density at radius 2 is 2.03 bits per heavy atom. The molecule has 4 heterocycles. The van der Waals surface area contributed by atoms with E-state index in [9.17, 15) is 0 Å². The molecule has 33 heavy (non-hydrogen) atoms. The zero-order chi connectivity index (χ0) is 23.3. The first-order valence-corrected chi connectivity index (χ1v) is 11.8. The highest BCUT2D eigenvalue weighted by atomic mass is 35.5. The number of aromatic nitrogens is 1. The lowest BCUT2D eigenvalue weighted by Gasteiger charge is -2.41.